The van der Waals surface area contributed by atoms with Crippen molar-refractivity contribution in [3.8, 4) is 17.2 Å². The van der Waals surface area contributed by atoms with E-state index in [1.165, 1.54) is 18.7 Å². The molecule has 8 nitrogen and oxygen atoms in total. The number of rotatable bonds is 9. The van der Waals surface area contributed by atoms with Crippen LogP contribution in [0.5, 0.6) is 17.2 Å². The second kappa shape index (κ2) is 11.7. The highest BCUT2D eigenvalue weighted by molar-refractivity contribution is 9.10. The Morgan fingerprint density at radius 1 is 0.892 bits per heavy atom. The minimum atomic E-state index is -0.804. The molecule has 0 unspecified atom stereocenters. The van der Waals surface area contributed by atoms with Gasteiger partial charge < -0.3 is 14.2 Å². The summed E-state index contributed by atoms with van der Waals surface area (Å²) >= 11 is 3.32. The maximum Gasteiger partial charge on any atom is 0.335 e. The first-order valence-electron chi connectivity index (χ1n) is 11.5. The van der Waals surface area contributed by atoms with Gasteiger partial charge in [-0.05, 0) is 67.1 Å². The van der Waals surface area contributed by atoms with Crippen LogP contribution in [0.25, 0.3) is 6.08 Å². The Kier molecular flexibility index (Phi) is 8.25. The normalized spacial score (nSPS) is 14.5. The third-order valence-corrected chi connectivity index (χ3v) is 6.05. The summed E-state index contributed by atoms with van der Waals surface area (Å²) in [5.41, 5.74) is 1.88. The number of amides is 4. The van der Waals surface area contributed by atoms with Crippen LogP contribution in [-0.2, 0) is 9.59 Å². The van der Waals surface area contributed by atoms with Gasteiger partial charge in [-0.15, -0.1) is 0 Å². The number of methoxy groups -OCH3 is 1. The van der Waals surface area contributed by atoms with E-state index < -0.39 is 17.8 Å². The fourth-order valence-electron chi connectivity index (χ4n) is 3.61. The fourth-order valence-corrected chi connectivity index (χ4v) is 3.87. The molecule has 1 aliphatic rings. The van der Waals surface area contributed by atoms with E-state index in [0.717, 1.165) is 15.1 Å². The monoisotopic (exact) mass is 564 g/mol. The lowest BCUT2D eigenvalue weighted by molar-refractivity contribution is -0.122. The number of carbonyl (C=O) groups is 3. The van der Waals surface area contributed by atoms with E-state index in [0.29, 0.717) is 42.4 Å². The standard InChI is InChI=1S/C28H25BrN2O6/c1-18-4-11-22(12-5-18)36-14-3-15-37-24-13-6-19(17-25(24)35-2)16-23-26(32)30-28(34)31(27(23)33)21-9-7-20(29)8-10-21/h4-13,16-17H,3,14-15H2,1-2H3,(H,30,32,34)/b23-16-. The van der Waals surface area contributed by atoms with Crippen molar-refractivity contribution in [2.24, 2.45) is 0 Å². The van der Waals surface area contributed by atoms with Gasteiger partial charge in [0.15, 0.2) is 11.5 Å². The van der Waals surface area contributed by atoms with Gasteiger partial charge in [-0.1, -0.05) is 39.7 Å². The molecule has 0 saturated carbocycles. The Morgan fingerprint density at radius 3 is 2.30 bits per heavy atom. The van der Waals surface area contributed by atoms with Crippen molar-refractivity contribution in [2.75, 3.05) is 25.2 Å². The minimum Gasteiger partial charge on any atom is -0.493 e. The Hall–Kier alpha value is -4.11. The first kappa shape index (κ1) is 26.0. The molecule has 37 heavy (non-hydrogen) atoms. The Balaban J connectivity index is 1.42. The lowest BCUT2D eigenvalue weighted by Gasteiger charge is -2.26. The Morgan fingerprint density at radius 2 is 1.59 bits per heavy atom. The van der Waals surface area contributed by atoms with Gasteiger partial charge in [0.05, 0.1) is 26.0 Å². The summed E-state index contributed by atoms with van der Waals surface area (Å²) in [7, 11) is 1.51. The number of ether oxygens (including phenoxy) is 3. The topological polar surface area (TPSA) is 94.2 Å². The molecule has 0 aromatic heterocycles. The molecule has 190 valence electrons. The summed E-state index contributed by atoms with van der Waals surface area (Å²) in [6.45, 7) is 2.93. The highest BCUT2D eigenvalue weighted by atomic mass is 79.9. The predicted molar refractivity (Wildman–Crippen MR) is 143 cm³/mol. The van der Waals surface area contributed by atoms with E-state index in [2.05, 4.69) is 21.2 Å². The summed E-state index contributed by atoms with van der Waals surface area (Å²) in [5.74, 6) is 0.284. The molecule has 3 aromatic carbocycles. The molecule has 4 rings (SSSR count). The number of carbonyl (C=O) groups excluding carboxylic acids is 3. The molecule has 0 radical (unpaired) electrons. The zero-order chi connectivity index (χ0) is 26.4. The van der Waals surface area contributed by atoms with E-state index in [1.807, 2.05) is 31.2 Å². The van der Waals surface area contributed by atoms with Gasteiger partial charge >= 0.3 is 6.03 Å². The summed E-state index contributed by atoms with van der Waals surface area (Å²) in [4.78, 5) is 38.8. The van der Waals surface area contributed by atoms with Crippen LogP contribution in [0.3, 0.4) is 0 Å². The Labute approximate surface area is 223 Å². The summed E-state index contributed by atoms with van der Waals surface area (Å²) < 4.78 is 17.8. The van der Waals surface area contributed by atoms with Crippen LogP contribution in [0.15, 0.2) is 76.8 Å². The van der Waals surface area contributed by atoms with Crippen molar-refractivity contribution >= 4 is 45.5 Å². The summed E-state index contributed by atoms with van der Waals surface area (Å²) in [5, 5.41) is 2.22. The van der Waals surface area contributed by atoms with E-state index in [1.54, 1.807) is 42.5 Å². The van der Waals surface area contributed by atoms with E-state index in [-0.39, 0.29) is 5.57 Å². The van der Waals surface area contributed by atoms with Crippen LogP contribution >= 0.6 is 15.9 Å². The van der Waals surface area contributed by atoms with Crippen molar-refractivity contribution < 1.29 is 28.6 Å². The number of hydrogen-bond acceptors (Lipinski definition) is 6. The number of anilines is 1. The average molecular weight is 565 g/mol. The largest absolute Gasteiger partial charge is 0.493 e. The maximum absolute atomic E-state index is 13.1. The summed E-state index contributed by atoms with van der Waals surface area (Å²) in [6.07, 6.45) is 2.08. The van der Waals surface area contributed by atoms with Crippen molar-refractivity contribution in [3.63, 3.8) is 0 Å². The van der Waals surface area contributed by atoms with Crippen LogP contribution in [0.4, 0.5) is 10.5 Å². The van der Waals surface area contributed by atoms with Gasteiger partial charge in [-0.25, -0.2) is 9.69 Å². The quantitative estimate of drug-likeness (QED) is 0.216. The van der Waals surface area contributed by atoms with Crippen molar-refractivity contribution in [1.29, 1.82) is 0 Å². The Bertz CT molecular complexity index is 1340. The molecular weight excluding hydrogens is 540 g/mol. The molecule has 0 spiro atoms. The van der Waals surface area contributed by atoms with E-state index >= 15 is 0 Å². The van der Waals surface area contributed by atoms with Gasteiger partial charge in [-0.3, -0.25) is 14.9 Å². The second-order valence-electron chi connectivity index (χ2n) is 8.21. The number of halogens is 1. The van der Waals surface area contributed by atoms with Crippen LogP contribution < -0.4 is 24.4 Å². The molecule has 0 bridgehead atoms. The van der Waals surface area contributed by atoms with Gasteiger partial charge in [-0.2, -0.15) is 0 Å². The molecule has 9 heteroatoms. The van der Waals surface area contributed by atoms with Crippen LogP contribution in [0, 0.1) is 6.92 Å². The molecule has 1 N–H and O–H groups in total. The number of urea groups is 1. The first-order chi connectivity index (χ1) is 17.9. The molecule has 1 saturated heterocycles. The van der Waals surface area contributed by atoms with Crippen molar-refractivity contribution in [1.82, 2.24) is 5.32 Å². The predicted octanol–water partition coefficient (Wildman–Crippen LogP) is 5.28. The molecule has 0 atom stereocenters. The third-order valence-electron chi connectivity index (χ3n) is 5.52. The molecule has 4 amide bonds. The molecule has 1 fully saturated rings. The van der Waals surface area contributed by atoms with Gasteiger partial charge in [0.1, 0.15) is 11.3 Å². The molecule has 1 heterocycles. The smallest absolute Gasteiger partial charge is 0.335 e. The maximum atomic E-state index is 13.1. The number of nitrogens with one attached hydrogen (secondary N) is 1. The lowest BCUT2D eigenvalue weighted by atomic mass is 10.1. The SMILES string of the molecule is COc1cc(/C=C2/C(=O)NC(=O)N(c3ccc(Br)cc3)C2=O)ccc1OCCCOc1ccc(C)cc1. The number of nitrogens with zero attached hydrogens (tertiary/aromatic N) is 1. The average Bonchev–Trinajstić information content (AvgIpc) is 2.89. The van der Waals surface area contributed by atoms with Crippen molar-refractivity contribution in [2.45, 2.75) is 13.3 Å². The van der Waals surface area contributed by atoms with Gasteiger partial charge in [0.2, 0.25) is 0 Å². The fraction of sp³-hybridized carbons (Fsp3) is 0.179. The van der Waals surface area contributed by atoms with Crippen LogP contribution in [0.1, 0.15) is 17.5 Å². The van der Waals surface area contributed by atoms with Crippen molar-refractivity contribution in [3.05, 3.63) is 87.9 Å². The number of benzene rings is 3. The van der Waals surface area contributed by atoms with E-state index in [9.17, 15) is 14.4 Å². The highest BCUT2D eigenvalue weighted by Gasteiger charge is 2.36. The molecule has 3 aromatic rings. The summed E-state index contributed by atoms with van der Waals surface area (Å²) in [6, 6.07) is 18.7. The third kappa shape index (κ3) is 6.37. The highest BCUT2D eigenvalue weighted by Crippen LogP contribution is 2.30. The molecule has 0 aliphatic carbocycles. The zero-order valence-corrected chi connectivity index (χ0v) is 21.9. The van der Waals surface area contributed by atoms with Gasteiger partial charge in [0.25, 0.3) is 11.8 Å². The van der Waals surface area contributed by atoms with Crippen LogP contribution in [-0.4, -0.2) is 38.2 Å². The second-order valence-corrected chi connectivity index (χ2v) is 9.12. The molecule has 1 aliphatic heterocycles. The lowest BCUT2D eigenvalue weighted by Crippen LogP contribution is -2.54. The minimum absolute atomic E-state index is 0.175. The number of aryl methyl sites for hydroxylation is 1. The first-order valence-corrected chi connectivity index (χ1v) is 12.3. The number of barbiturate groups is 1. The molecular formula is C28H25BrN2O6. The number of hydrogen-bond donors (Lipinski definition) is 1. The zero-order valence-electron chi connectivity index (χ0n) is 20.3. The van der Waals surface area contributed by atoms with Crippen LogP contribution in [0.2, 0.25) is 0 Å². The van der Waals surface area contributed by atoms with Gasteiger partial charge in [0, 0.05) is 10.9 Å². The number of imide groups is 2. The van der Waals surface area contributed by atoms with E-state index in [4.69, 9.17) is 14.2 Å².